The molecule has 0 fully saturated rings. The summed E-state index contributed by atoms with van der Waals surface area (Å²) in [5.74, 6) is 0.694. The van der Waals surface area contributed by atoms with Gasteiger partial charge in [-0.2, -0.15) is 0 Å². The third-order valence-corrected chi connectivity index (χ3v) is 2.82. The van der Waals surface area contributed by atoms with Crippen LogP contribution in [-0.2, 0) is 0 Å². The average molecular weight is 232 g/mol. The molecule has 0 unspecified atom stereocenters. The Balaban J connectivity index is 2.42. The third-order valence-electron chi connectivity index (χ3n) is 2.82. The van der Waals surface area contributed by atoms with Gasteiger partial charge in [-0.25, -0.2) is 0 Å². The summed E-state index contributed by atoms with van der Waals surface area (Å²) in [5, 5.41) is 15.3. The van der Waals surface area contributed by atoms with Gasteiger partial charge in [-0.05, 0) is 17.2 Å². The molecule has 1 aromatic carbocycles. The van der Waals surface area contributed by atoms with Crippen LogP contribution < -0.4 is 9.84 Å². The van der Waals surface area contributed by atoms with Gasteiger partial charge in [0.05, 0.1) is 12.7 Å². The standard InChI is InChI=1S/C13H16N2O2/c1-13(2)8-12(16)14-15(13)9-10-6-4-5-7-11(10)17-3/h4-7,9H,8H2,1-3H3/b15-9-. The Morgan fingerprint density at radius 2 is 2.12 bits per heavy atom. The van der Waals surface area contributed by atoms with E-state index in [-0.39, 0.29) is 11.4 Å². The summed E-state index contributed by atoms with van der Waals surface area (Å²) in [6, 6.07) is 7.66. The predicted octanol–water partition coefficient (Wildman–Crippen LogP) is 0.983. The first-order valence-corrected chi connectivity index (χ1v) is 5.55. The fourth-order valence-corrected chi connectivity index (χ4v) is 1.85. The molecular weight excluding hydrogens is 216 g/mol. The molecule has 0 atom stereocenters. The molecule has 0 amide bonds. The van der Waals surface area contributed by atoms with Crippen molar-refractivity contribution in [2.75, 3.05) is 7.11 Å². The first kappa shape index (κ1) is 11.6. The molecule has 1 aliphatic heterocycles. The maximum absolute atomic E-state index is 11.4. The van der Waals surface area contributed by atoms with Gasteiger partial charge in [0.2, 0.25) is 6.21 Å². The minimum atomic E-state index is -0.266. The lowest BCUT2D eigenvalue weighted by molar-refractivity contribution is -0.591. The number of hydrogen-bond acceptors (Lipinski definition) is 3. The molecule has 2 rings (SSSR count). The van der Waals surface area contributed by atoms with Crippen molar-refractivity contribution in [3.63, 3.8) is 0 Å². The summed E-state index contributed by atoms with van der Waals surface area (Å²) in [6.07, 6.45) is 2.29. The highest BCUT2D eigenvalue weighted by molar-refractivity contribution is 5.81. The maximum atomic E-state index is 11.4. The summed E-state index contributed by atoms with van der Waals surface area (Å²) in [5.41, 5.74) is 0.652. The second kappa shape index (κ2) is 4.20. The lowest BCUT2D eigenvalue weighted by atomic mass is 10.0. The fraction of sp³-hybridized carbons (Fsp3) is 0.385. The van der Waals surface area contributed by atoms with E-state index in [0.29, 0.717) is 6.42 Å². The lowest BCUT2D eigenvalue weighted by Gasteiger charge is -2.11. The van der Waals surface area contributed by atoms with Crippen molar-refractivity contribution in [1.29, 1.82) is 0 Å². The first-order chi connectivity index (χ1) is 8.03. The zero-order valence-corrected chi connectivity index (χ0v) is 10.3. The second-order valence-electron chi connectivity index (χ2n) is 4.70. The van der Waals surface area contributed by atoms with Gasteiger partial charge in [0.25, 0.3) is 0 Å². The molecule has 1 aromatic rings. The van der Waals surface area contributed by atoms with Crippen LogP contribution in [0.2, 0.25) is 0 Å². The normalized spacial score (nSPS) is 20.4. The topological polar surface area (TPSA) is 47.7 Å². The zero-order chi connectivity index (χ0) is 12.5. The van der Waals surface area contributed by atoms with Crippen molar-refractivity contribution in [2.24, 2.45) is 5.10 Å². The molecule has 0 bridgehead atoms. The number of methoxy groups -OCH3 is 1. The Morgan fingerprint density at radius 3 is 2.71 bits per heavy atom. The zero-order valence-electron chi connectivity index (χ0n) is 10.3. The molecule has 0 radical (unpaired) electrons. The predicted molar refractivity (Wildman–Crippen MR) is 64.6 cm³/mol. The summed E-state index contributed by atoms with van der Waals surface area (Å²) in [7, 11) is 1.63. The van der Waals surface area contributed by atoms with Crippen molar-refractivity contribution in [2.45, 2.75) is 25.8 Å². The van der Waals surface area contributed by atoms with Crippen molar-refractivity contribution in [1.82, 2.24) is 0 Å². The van der Waals surface area contributed by atoms with Crippen molar-refractivity contribution in [3.05, 3.63) is 29.8 Å². The largest absolute Gasteiger partial charge is 0.857 e. The Labute approximate surface area is 101 Å². The van der Waals surface area contributed by atoms with Gasteiger partial charge in [-0.3, -0.25) is 0 Å². The van der Waals surface area contributed by atoms with E-state index >= 15 is 0 Å². The van der Waals surface area contributed by atoms with Crippen LogP contribution in [0.5, 0.6) is 5.75 Å². The van der Waals surface area contributed by atoms with E-state index in [4.69, 9.17) is 4.74 Å². The Morgan fingerprint density at radius 1 is 1.41 bits per heavy atom. The highest BCUT2D eigenvalue weighted by Gasteiger charge is 2.36. The van der Waals surface area contributed by atoms with Gasteiger partial charge in [-0.1, -0.05) is 16.8 Å². The van der Waals surface area contributed by atoms with Crippen LogP contribution in [0, 0.1) is 0 Å². The summed E-state index contributed by atoms with van der Waals surface area (Å²) in [4.78, 5) is 0. The lowest BCUT2D eigenvalue weighted by Crippen LogP contribution is -2.31. The quantitative estimate of drug-likeness (QED) is 0.714. The number of hydrogen-bond donors (Lipinski definition) is 0. The van der Waals surface area contributed by atoms with Gasteiger partial charge in [0.1, 0.15) is 5.75 Å². The van der Waals surface area contributed by atoms with Crippen molar-refractivity contribution in [3.8, 4) is 5.75 Å². The van der Waals surface area contributed by atoms with Crippen LogP contribution in [0.25, 0.3) is 0 Å². The van der Waals surface area contributed by atoms with E-state index in [1.165, 1.54) is 0 Å². The third kappa shape index (κ3) is 2.30. The molecule has 4 heteroatoms. The van der Waals surface area contributed by atoms with Crippen molar-refractivity contribution >= 4 is 12.1 Å². The van der Waals surface area contributed by atoms with Gasteiger partial charge < -0.3 is 9.84 Å². The van der Waals surface area contributed by atoms with Gasteiger partial charge in [0, 0.05) is 26.2 Å². The summed E-state index contributed by atoms with van der Waals surface area (Å²) in [6.45, 7) is 3.99. The van der Waals surface area contributed by atoms with E-state index in [1.807, 2.05) is 44.3 Å². The van der Waals surface area contributed by atoms with E-state index in [0.717, 1.165) is 11.3 Å². The summed E-state index contributed by atoms with van der Waals surface area (Å²) < 4.78 is 6.98. The molecule has 0 spiro atoms. The molecule has 4 nitrogen and oxygen atoms in total. The molecule has 17 heavy (non-hydrogen) atoms. The molecule has 90 valence electrons. The van der Waals surface area contributed by atoms with Crippen LogP contribution in [-0.4, -0.2) is 29.4 Å². The molecule has 0 aromatic heterocycles. The van der Waals surface area contributed by atoms with Crippen LogP contribution in [0.15, 0.2) is 29.4 Å². The SMILES string of the molecule is COc1ccccc1/C=[N+]1\N=C([O-])CC1(C)C. The number of rotatable bonds is 2. The van der Waals surface area contributed by atoms with Crippen LogP contribution in [0.4, 0.5) is 0 Å². The number of benzene rings is 1. The molecular formula is C13H16N2O2. The molecule has 0 saturated carbocycles. The molecule has 0 saturated heterocycles. The summed E-state index contributed by atoms with van der Waals surface area (Å²) >= 11 is 0. The second-order valence-corrected chi connectivity index (χ2v) is 4.70. The average Bonchev–Trinajstić information content (AvgIpc) is 2.52. The Kier molecular flexibility index (Phi) is 2.88. The Hall–Kier alpha value is -1.84. The number of hydrazone groups is 1. The minimum Gasteiger partial charge on any atom is -0.857 e. The minimum absolute atomic E-state index is 0.0823. The molecule has 1 heterocycles. The smallest absolute Gasteiger partial charge is 0.207 e. The fourth-order valence-electron chi connectivity index (χ4n) is 1.85. The van der Waals surface area contributed by atoms with Gasteiger partial charge in [0.15, 0.2) is 5.54 Å². The van der Waals surface area contributed by atoms with Gasteiger partial charge in [-0.15, -0.1) is 0 Å². The van der Waals surface area contributed by atoms with Crippen LogP contribution in [0.3, 0.4) is 0 Å². The number of para-hydroxylation sites is 1. The van der Waals surface area contributed by atoms with E-state index in [2.05, 4.69) is 5.10 Å². The maximum Gasteiger partial charge on any atom is 0.207 e. The number of ether oxygens (including phenoxy) is 1. The monoisotopic (exact) mass is 232 g/mol. The van der Waals surface area contributed by atoms with Gasteiger partial charge >= 0.3 is 0 Å². The molecule has 1 aliphatic rings. The molecule has 0 aliphatic carbocycles. The van der Waals surface area contributed by atoms with Crippen molar-refractivity contribution < 1.29 is 14.5 Å². The molecule has 0 N–H and O–H groups in total. The highest BCUT2D eigenvalue weighted by Crippen LogP contribution is 2.22. The first-order valence-electron chi connectivity index (χ1n) is 5.55. The van der Waals surface area contributed by atoms with E-state index in [1.54, 1.807) is 11.8 Å². The van der Waals surface area contributed by atoms with E-state index in [9.17, 15) is 5.11 Å². The van der Waals surface area contributed by atoms with E-state index < -0.39 is 0 Å². The Bertz CT molecular complexity index is 490. The van der Waals surface area contributed by atoms with Crippen LogP contribution in [0.1, 0.15) is 25.8 Å². The number of nitrogens with zero attached hydrogens (tertiary/aromatic N) is 2. The highest BCUT2D eigenvalue weighted by atomic mass is 16.5. The van der Waals surface area contributed by atoms with Crippen LogP contribution >= 0.6 is 0 Å².